The molecule has 1 aliphatic rings. The number of nitrogens with one attached hydrogen (secondary N) is 1. The predicted octanol–water partition coefficient (Wildman–Crippen LogP) is 2.61. The quantitative estimate of drug-likeness (QED) is 0.866. The van der Waals surface area contributed by atoms with Crippen LogP contribution in [0.4, 0.5) is 0 Å². The highest BCUT2D eigenvalue weighted by Crippen LogP contribution is 2.24. The molecular weight excluding hydrogens is 298 g/mol. The summed E-state index contributed by atoms with van der Waals surface area (Å²) in [6.07, 6.45) is 4.50. The van der Waals surface area contributed by atoms with Crippen LogP contribution >= 0.6 is 12.2 Å². The molecule has 1 aromatic carbocycles. The highest BCUT2D eigenvalue weighted by molar-refractivity contribution is 7.71. The van der Waals surface area contributed by atoms with Gasteiger partial charge in [-0.3, -0.25) is 14.2 Å². The summed E-state index contributed by atoms with van der Waals surface area (Å²) in [5.74, 6) is -0.00574. The van der Waals surface area contributed by atoms with Gasteiger partial charge in [-0.2, -0.15) is 0 Å². The van der Waals surface area contributed by atoms with E-state index in [-0.39, 0.29) is 11.5 Å². The molecule has 0 aliphatic heterocycles. The van der Waals surface area contributed by atoms with Gasteiger partial charge in [0, 0.05) is 25.7 Å². The molecule has 0 saturated heterocycles. The van der Waals surface area contributed by atoms with E-state index in [0.717, 1.165) is 12.8 Å². The fraction of sp³-hybridized carbons (Fsp3) is 0.438. The summed E-state index contributed by atoms with van der Waals surface area (Å²) in [7, 11) is 3.49. The second kappa shape index (κ2) is 5.68. The van der Waals surface area contributed by atoms with E-state index in [0.29, 0.717) is 27.3 Å². The lowest BCUT2D eigenvalue weighted by molar-refractivity contribution is 0.0735. The number of aromatic amines is 1. The van der Waals surface area contributed by atoms with Crippen LogP contribution in [0, 0.1) is 4.77 Å². The minimum Gasteiger partial charge on any atom is -0.339 e. The first-order chi connectivity index (χ1) is 10.5. The van der Waals surface area contributed by atoms with Crippen LogP contribution in [0.3, 0.4) is 0 Å². The van der Waals surface area contributed by atoms with E-state index >= 15 is 0 Å². The Hall–Kier alpha value is -1.95. The highest BCUT2D eigenvalue weighted by atomic mass is 32.1. The van der Waals surface area contributed by atoms with Crippen LogP contribution in [0.2, 0.25) is 0 Å². The first-order valence-corrected chi connectivity index (χ1v) is 7.90. The number of H-pyrrole nitrogens is 1. The lowest BCUT2D eigenvalue weighted by Crippen LogP contribution is -2.35. The lowest BCUT2D eigenvalue weighted by atomic mass is 10.1. The van der Waals surface area contributed by atoms with Crippen molar-refractivity contribution in [1.29, 1.82) is 0 Å². The largest absolute Gasteiger partial charge is 0.339 e. The van der Waals surface area contributed by atoms with E-state index in [4.69, 9.17) is 12.2 Å². The molecule has 3 rings (SSSR count). The van der Waals surface area contributed by atoms with Crippen molar-refractivity contribution >= 4 is 29.0 Å². The number of carbonyl (C=O) groups is 1. The van der Waals surface area contributed by atoms with Crippen LogP contribution in [0.25, 0.3) is 10.9 Å². The number of fused-ring (bicyclic) bond motifs is 1. The lowest BCUT2D eigenvalue weighted by Gasteiger charge is -2.24. The van der Waals surface area contributed by atoms with Crippen LogP contribution in [0.15, 0.2) is 23.0 Å². The molecule has 1 fully saturated rings. The van der Waals surface area contributed by atoms with E-state index < -0.39 is 0 Å². The van der Waals surface area contributed by atoms with Gasteiger partial charge in [-0.05, 0) is 43.3 Å². The van der Waals surface area contributed by atoms with Gasteiger partial charge in [-0.25, -0.2) is 0 Å². The zero-order valence-electron chi connectivity index (χ0n) is 12.8. The van der Waals surface area contributed by atoms with Crippen molar-refractivity contribution in [2.24, 2.45) is 7.05 Å². The van der Waals surface area contributed by atoms with E-state index in [1.807, 2.05) is 11.9 Å². The number of amides is 1. The van der Waals surface area contributed by atoms with Gasteiger partial charge in [-0.15, -0.1) is 0 Å². The summed E-state index contributed by atoms with van der Waals surface area (Å²) in [6, 6.07) is 5.46. The van der Waals surface area contributed by atoms with Crippen molar-refractivity contribution < 1.29 is 4.79 Å². The maximum absolute atomic E-state index is 12.6. The Morgan fingerprint density at radius 3 is 2.73 bits per heavy atom. The van der Waals surface area contributed by atoms with Crippen molar-refractivity contribution in [2.45, 2.75) is 31.7 Å². The third-order valence-corrected chi connectivity index (χ3v) is 4.92. The molecule has 1 aromatic heterocycles. The first-order valence-electron chi connectivity index (χ1n) is 7.49. The molecule has 22 heavy (non-hydrogen) atoms. The average Bonchev–Trinajstić information content (AvgIpc) is 3.05. The van der Waals surface area contributed by atoms with Gasteiger partial charge in [0.05, 0.1) is 10.9 Å². The minimum atomic E-state index is -0.151. The Balaban J connectivity index is 2.01. The Labute approximate surface area is 133 Å². The molecule has 1 aliphatic carbocycles. The van der Waals surface area contributed by atoms with Crippen molar-refractivity contribution in [3.63, 3.8) is 0 Å². The van der Waals surface area contributed by atoms with Crippen LogP contribution < -0.4 is 5.56 Å². The fourth-order valence-electron chi connectivity index (χ4n) is 3.10. The zero-order chi connectivity index (χ0) is 15.9. The third-order valence-electron chi connectivity index (χ3n) is 4.54. The third kappa shape index (κ3) is 2.47. The fourth-order valence-corrected chi connectivity index (χ4v) is 3.29. The molecule has 0 spiro atoms. The molecule has 0 radical (unpaired) electrons. The van der Waals surface area contributed by atoms with Crippen molar-refractivity contribution in [3.05, 3.63) is 38.9 Å². The van der Waals surface area contributed by atoms with Gasteiger partial charge < -0.3 is 9.88 Å². The van der Waals surface area contributed by atoms with Gasteiger partial charge in [0.1, 0.15) is 0 Å². The standard InChI is InChI=1S/C16H19N3O2S/c1-18(11-5-3-4-6-11)14(20)10-7-8-12-13(9-10)17-16(22)19(2)15(12)21/h7-9,11H,3-6H2,1-2H3,(H,17,22). The summed E-state index contributed by atoms with van der Waals surface area (Å²) >= 11 is 5.13. The van der Waals surface area contributed by atoms with Crippen LogP contribution in [0.5, 0.6) is 0 Å². The number of aromatic nitrogens is 2. The first kappa shape index (κ1) is 15.0. The molecule has 5 nitrogen and oxygen atoms in total. The molecule has 1 heterocycles. The molecule has 6 heteroatoms. The average molecular weight is 317 g/mol. The van der Waals surface area contributed by atoms with Crippen LogP contribution in [-0.2, 0) is 7.05 Å². The predicted molar refractivity (Wildman–Crippen MR) is 88.7 cm³/mol. The molecular formula is C16H19N3O2S. The molecule has 1 saturated carbocycles. The topological polar surface area (TPSA) is 58.1 Å². The second-order valence-corrected chi connectivity index (χ2v) is 6.30. The van der Waals surface area contributed by atoms with Crippen molar-refractivity contribution in [1.82, 2.24) is 14.5 Å². The maximum Gasteiger partial charge on any atom is 0.261 e. The van der Waals surface area contributed by atoms with Gasteiger partial charge in [0.15, 0.2) is 4.77 Å². The van der Waals surface area contributed by atoms with E-state index in [1.165, 1.54) is 17.4 Å². The van der Waals surface area contributed by atoms with Crippen LogP contribution in [0.1, 0.15) is 36.0 Å². The molecule has 0 bridgehead atoms. The monoisotopic (exact) mass is 317 g/mol. The number of carbonyl (C=O) groups excluding carboxylic acids is 1. The van der Waals surface area contributed by atoms with Gasteiger partial charge >= 0.3 is 0 Å². The molecule has 116 valence electrons. The molecule has 1 amide bonds. The second-order valence-electron chi connectivity index (χ2n) is 5.91. The SMILES string of the molecule is CN(C(=O)c1ccc2c(=O)n(C)c(=S)[nH]c2c1)C1CCCC1. The summed E-state index contributed by atoms with van der Waals surface area (Å²) in [4.78, 5) is 29.6. The summed E-state index contributed by atoms with van der Waals surface area (Å²) < 4.78 is 1.75. The Kier molecular flexibility index (Phi) is 3.87. The van der Waals surface area contributed by atoms with Gasteiger partial charge in [0.25, 0.3) is 11.5 Å². The van der Waals surface area contributed by atoms with Gasteiger partial charge in [-0.1, -0.05) is 12.8 Å². The molecule has 0 unspecified atom stereocenters. The summed E-state index contributed by atoms with van der Waals surface area (Å²) in [6.45, 7) is 0. The number of hydrogen-bond donors (Lipinski definition) is 1. The van der Waals surface area contributed by atoms with E-state index in [1.54, 1.807) is 25.2 Å². The van der Waals surface area contributed by atoms with Crippen molar-refractivity contribution in [2.75, 3.05) is 7.05 Å². The molecule has 1 N–H and O–H groups in total. The minimum absolute atomic E-state index is 0.00574. The number of nitrogens with zero attached hydrogens (tertiary/aromatic N) is 2. The van der Waals surface area contributed by atoms with E-state index in [2.05, 4.69) is 4.98 Å². The number of hydrogen-bond acceptors (Lipinski definition) is 3. The molecule has 2 aromatic rings. The summed E-state index contributed by atoms with van der Waals surface area (Å²) in [5, 5.41) is 0.538. The number of benzene rings is 1. The van der Waals surface area contributed by atoms with Crippen molar-refractivity contribution in [3.8, 4) is 0 Å². The Morgan fingerprint density at radius 2 is 2.05 bits per heavy atom. The van der Waals surface area contributed by atoms with Gasteiger partial charge in [0.2, 0.25) is 0 Å². The smallest absolute Gasteiger partial charge is 0.261 e. The van der Waals surface area contributed by atoms with E-state index in [9.17, 15) is 9.59 Å². The maximum atomic E-state index is 12.6. The molecule has 0 atom stereocenters. The Bertz CT molecular complexity index is 847. The normalized spacial score (nSPS) is 15.4. The Morgan fingerprint density at radius 1 is 1.36 bits per heavy atom. The number of rotatable bonds is 2. The summed E-state index contributed by atoms with van der Waals surface area (Å²) in [5.41, 5.74) is 1.04. The van der Waals surface area contributed by atoms with Crippen LogP contribution in [-0.4, -0.2) is 33.4 Å². The zero-order valence-corrected chi connectivity index (χ0v) is 13.6. The highest BCUT2D eigenvalue weighted by Gasteiger charge is 2.24.